The van der Waals surface area contributed by atoms with E-state index >= 15 is 0 Å². The van der Waals surface area contributed by atoms with E-state index in [4.69, 9.17) is 4.74 Å². The van der Waals surface area contributed by atoms with Crippen LogP contribution in [0, 0.1) is 0 Å². The third kappa shape index (κ3) is 5.46. The van der Waals surface area contributed by atoms with Gasteiger partial charge >= 0.3 is 0 Å². The molecule has 0 N–H and O–H groups in total. The molecule has 3 aromatic rings. The van der Waals surface area contributed by atoms with Gasteiger partial charge in [0.25, 0.3) is 11.8 Å². The van der Waals surface area contributed by atoms with Gasteiger partial charge in [-0.3, -0.25) is 14.3 Å². The van der Waals surface area contributed by atoms with Crippen molar-refractivity contribution in [1.29, 1.82) is 0 Å². The van der Waals surface area contributed by atoms with Crippen molar-refractivity contribution in [1.82, 2.24) is 24.5 Å². The van der Waals surface area contributed by atoms with Gasteiger partial charge in [0.05, 0.1) is 13.7 Å². The fourth-order valence-electron chi connectivity index (χ4n) is 4.02. The largest absolute Gasteiger partial charge is 0.497 e. The smallest absolute Gasteiger partial charge is 0.274 e. The molecule has 1 aliphatic heterocycles. The summed E-state index contributed by atoms with van der Waals surface area (Å²) in [4.78, 5) is 32.2. The molecule has 2 aromatic carbocycles. The number of benzene rings is 2. The lowest BCUT2D eigenvalue weighted by atomic mass is 10.1. The molecule has 34 heavy (non-hydrogen) atoms. The van der Waals surface area contributed by atoms with Crippen LogP contribution >= 0.6 is 0 Å². The first-order chi connectivity index (χ1) is 16.4. The summed E-state index contributed by atoms with van der Waals surface area (Å²) in [5, 5.41) is 4.50. The average molecular weight is 462 g/mol. The highest BCUT2D eigenvalue weighted by Crippen LogP contribution is 2.20. The highest BCUT2D eigenvalue weighted by molar-refractivity contribution is 5.98. The first-order valence-corrected chi connectivity index (χ1v) is 11.4. The van der Waals surface area contributed by atoms with Crippen molar-refractivity contribution in [2.45, 2.75) is 19.6 Å². The number of carbonyl (C=O) groups excluding carboxylic acids is 2. The first-order valence-electron chi connectivity index (χ1n) is 11.4. The van der Waals surface area contributed by atoms with Crippen LogP contribution in [0.3, 0.4) is 0 Å². The lowest BCUT2D eigenvalue weighted by Crippen LogP contribution is -2.39. The Balaban J connectivity index is 1.51. The number of hydrogen-bond donors (Lipinski definition) is 0. The third-order valence-electron chi connectivity index (χ3n) is 5.92. The second-order valence-electron chi connectivity index (χ2n) is 8.73. The normalized spacial score (nSPS) is 13.2. The van der Waals surface area contributed by atoms with Gasteiger partial charge in [0.2, 0.25) is 0 Å². The Morgan fingerprint density at radius 2 is 1.76 bits per heavy atom. The van der Waals surface area contributed by atoms with Crippen LogP contribution in [-0.4, -0.2) is 77.1 Å². The highest BCUT2D eigenvalue weighted by Gasteiger charge is 2.29. The van der Waals surface area contributed by atoms with Crippen LogP contribution in [0.4, 0.5) is 0 Å². The second-order valence-corrected chi connectivity index (χ2v) is 8.73. The monoisotopic (exact) mass is 461 g/mol. The Hall–Kier alpha value is -3.65. The number of ether oxygens (including phenoxy) is 1. The topological polar surface area (TPSA) is 70.9 Å². The molecular weight excluding hydrogens is 430 g/mol. The van der Waals surface area contributed by atoms with E-state index < -0.39 is 0 Å². The fraction of sp³-hybridized carbons (Fsp3) is 0.346. The second kappa shape index (κ2) is 10.5. The van der Waals surface area contributed by atoms with Gasteiger partial charge in [-0.15, -0.1) is 0 Å². The number of methoxy groups -OCH3 is 1. The van der Waals surface area contributed by atoms with Gasteiger partial charge in [-0.2, -0.15) is 5.10 Å². The molecule has 2 heterocycles. The summed E-state index contributed by atoms with van der Waals surface area (Å²) >= 11 is 0. The molecule has 0 radical (unpaired) electrons. The molecule has 0 atom stereocenters. The summed E-state index contributed by atoms with van der Waals surface area (Å²) in [5.74, 6) is 0.472. The van der Waals surface area contributed by atoms with Crippen LogP contribution in [0.5, 0.6) is 5.75 Å². The van der Waals surface area contributed by atoms with E-state index in [0.717, 1.165) is 23.4 Å². The minimum absolute atomic E-state index is 0.122. The molecule has 0 saturated carbocycles. The standard InChI is InChI=1S/C26H31N5O3/c1-28(2)12-13-29(18-20-8-5-4-6-9-20)25(32)23-17-24-26(33)30(14-15-31(24)27-23)19-21-10-7-11-22(16-21)34-3/h4-11,16-17H,12-15,18-19H2,1-3H3. The molecule has 0 unspecified atom stereocenters. The van der Waals surface area contributed by atoms with Crippen LogP contribution in [0.15, 0.2) is 60.7 Å². The zero-order valence-electron chi connectivity index (χ0n) is 20.0. The van der Waals surface area contributed by atoms with Gasteiger partial charge in [-0.25, -0.2) is 0 Å². The van der Waals surface area contributed by atoms with E-state index in [-0.39, 0.29) is 11.8 Å². The summed E-state index contributed by atoms with van der Waals surface area (Å²) in [6.45, 7) is 3.36. The lowest BCUT2D eigenvalue weighted by molar-refractivity contribution is 0.0679. The predicted molar refractivity (Wildman–Crippen MR) is 130 cm³/mol. The van der Waals surface area contributed by atoms with Crippen molar-refractivity contribution in [3.8, 4) is 5.75 Å². The quantitative estimate of drug-likeness (QED) is 0.490. The molecule has 4 rings (SSSR count). The zero-order valence-corrected chi connectivity index (χ0v) is 20.0. The Morgan fingerprint density at radius 3 is 2.50 bits per heavy atom. The molecule has 0 spiro atoms. The molecule has 0 aliphatic carbocycles. The van der Waals surface area contributed by atoms with E-state index in [0.29, 0.717) is 44.1 Å². The third-order valence-corrected chi connectivity index (χ3v) is 5.92. The van der Waals surface area contributed by atoms with Gasteiger partial charge in [0.15, 0.2) is 5.69 Å². The van der Waals surface area contributed by atoms with Crippen LogP contribution in [0.2, 0.25) is 0 Å². The number of aromatic nitrogens is 2. The number of fused-ring (bicyclic) bond motifs is 1. The molecule has 0 bridgehead atoms. The number of amides is 2. The maximum Gasteiger partial charge on any atom is 0.274 e. The predicted octanol–water partition coefficient (Wildman–Crippen LogP) is 2.75. The van der Waals surface area contributed by atoms with Gasteiger partial charge in [-0.1, -0.05) is 42.5 Å². The Bertz CT molecular complexity index is 1140. The van der Waals surface area contributed by atoms with Crippen molar-refractivity contribution in [2.75, 3.05) is 40.8 Å². The molecule has 1 aliphatic rings. The molecule has 178 valence electrons. The van der Waals surface area contributed by atoms with Crippen molar-refractivity contribution >= 4 is 11.8 Å². The van der Waals surface area contributed by atoms with E-state index in [2.05, 4.69) is 5.10 Å². The Kier molecular flexibility index (Phi) is 7.27. The van der Waals surface area contributed by atoms with Gasteiger partial charge < -0.3 is 19.4 Å². The number of hydrogen-bond acceptors (Lipinski definition) is 5. The summed E-state index contributed by atoms with van der Waals surface area (Å²) in [6, 6.07) is 19.2. The highest BCUT2D eigenvalue weighted by atomic mass is 16.5. The van der Waals surface area contributed by atoms with Crippen molar-refractivity contribution < 1.29 is 14.3 Å². The van der Waals surface area contributed by atoms with Crippen LogP contribution in [0.25, 0.3) is 0 Å². The number of rotatable bonds is 9. The maximum atomic E-state index is 13.4. The molecule has 2 amide bonds. The van der Waals surface area contributed by atoms with E-state index in [1.165, 1.54) is 0 Å². The van der Waals surface area contributed by atoms with Gasteiger partial charge in [0.1, 0.15) is 11.4 Å². The minimum atomic E-state index is -0.167. The number of likely N-dealkylation sites (N-methyl/N-ethyl adjacent to an activating group) is 1. The first kappa shape index (κ1) is 23.5. The van der Waals surface area contributed by atoms with E-state index in [1.807, 2.05) is 73.6 Å². The summed E-state index contributed by atoms with van der Waals surface area (Å²) < 4.78 is 6.95. The lowest BCUT2D eigenvalue weighted by Gasteiger charge is -2.27. The molecule has 0 saturated heterocycles. The number of nitrogens with zero attached hydrogens (tertiary/aromatic N) is 5. The summed E-state index contributed by atoms with van der Waals surface area (Å²) in [7, 11) is 5.59. The van der Waals surface area contributed by atoms with Crippen molar-refractivity contribution in [2.24, 2.45) is 0 Å². The van der Waals surface area contributed by atoms with Gasteiger partial charge in [-0.05, 0) is 37.4 Å². The van der Waals surface area contributed by atoms with Crippen molar-refractivity contribution in [3.05, 3.63) is 83.2 Å². The Morgan fingerprint density at radius 1 is 1.00 bits per heavy atom. The van der Waals surface area contributed by atoms with Crippen molar-refractivity contribution in [3.63, 3.8) is 0 Å². The molecule has 0 fully saturated rings. The average Bonchev–Trinajstić information content (AvgIpc) is 3.29. The maximum absolute atomic E-state index is 13.4. The fourth-order valence-corrected chi connectivity index (χ4v) is 4.02. The van der Waals surface area contributed by atoms with E-state index in [1.54, 1.807) is 27.7 Å². The molecule has 8 heteroatoms. The van der Waals surface area contributed by atoms with Crippen LogP contribution < -0.4 is 4.74 Å². The van der Waals surface area contributed by atoms with Crippen LogP contribution in [-0.2, 0) is 19.6 Å². The zero-order chi connectivity index (χ0) is 24.1. The summed E-state index contributed by atoms with van der Waals surface area (Å²) in [6.07, 6.45) is 0. The number of carbonyl (C=O) groups is 2. The van der Waals surface area contributed by atoms with Crippen LogP contribution in [0.1, 0.15) is 32.1 Å². The van der Waals surface area contributed by atoms with Gasteiger partial charge in [0, 0.05) is 38.8 Å². The van der Waals surface area contributed by atoms with E-state index in [9.17, 15) is 9.59 Å². The SMILES string of the molecule is COc1cccc(CN2CCn3nc(C(=O)N(CCN(C)C)Cc4ccccc4)cc3C2=O)c1. The molecular formula is C26H31N5O3. The summed E-state index contributed by atoms with van der Waals surface area (Å²) in [5.41, 5.74) is 2.81. The molecule has 8 nitrogen and oxygen atoms in total. The Labute approximate surface area is 200 Å². The minimum Gasteiger partial charge on any atom is -0.497 e. The molecule has 1 aromatic heterocycles.